The van der Waals surface area contributed by atoms with Gasteiger partial charge in [0, 0.05) is 19.6 Å². The van der Waals surface area contributed by atoms with Crippen LogP contribution in [0, 0.1) is 0 Å². The smallest absolute Gasteiger partial charge is 0.323 e. The Labute approximate surface area is 114 Å². The minimum Gasteiger partial charge on any atom is -0.461 e. The van der Waals surface area contributed by atoms with Crippen LogP contribution >= 0.6 is 0 Å². The van der Waals surface area contributed by atoms with Gasteiger partial charge in [-0.15, -0.1) is 0 Å². The quantitative estimate of drug-likeness (QED) is 0.548. The molecule has 1 aromatic rings. The molecule has 0 spiro atoms. The lowest BCUT2D eigenvalue weighted by molar-refractivity contribution is 0.108. The molecule has 0 radical (unpaired) electrons. The van der Waals surface area contributed by atoms with Crippen molar-refractivity contribution in [1.82, 2.24) is 19.9 Å². The number of hydrazine groups is 1. The molecule has 108 valence electrons. The largest absolute Gasteiger partial charge is 0.461 e. The molecule has 8 heteroatoms. The highest BCUT2D eigenvalue weighted by Crippen LogP contribution is 2.15. The van der Waals surface area contributed by atoms with Gasteiger partial charge in [-0.1, -0.05) is 0 Å². The number of hydrogen-bond donors (Lipinski definition) is 2. The first-order chi connectivity index (χ1) is 8.76. The highest BCUT2D eigenvalue weighted by atomic mass is 16.5. The van der Waals surface area contributed by atoms with Gasteiger partial charge in [0.25, 0.3) is 0 Å². The molecule has 19 heavy (non-hydrogen) atoms. The number of hydrogen-bond acceptors (Lipinski definition) is 8. The Hall–Kier alpha value is -1.67. The highest BCUT2D eigenvalue weighted by Gasteiger charge is 2.22. The van der Waals surface area contributed by atoms with E-state index in [1.807, 2.05) is 28.2 Å². The van der Waals surface area contributed by atoms with E-state index in [9.17, 15) is 0 Å². The second-order valence-electron chi connectivity index (χ2n) is 5.28. The van der Waals surface area contributed by atoms with Crippen LogP contribution in [0.1, 0.15) is 13.8 Å². The number of anilines is 2. The number of nitrogens with two attached hydrogens (primary N) is 1. The van der Waals surface area contributed by atoms with Crippen molar-refractivity contribution in [3.63, 3.8) is 0 Å². The van der Waals surface area contributed by atoms with Gasteiger partial charge in [-0.05, 0) is 27.9 Å². The molecule has 0 aliphatic carbocycles. The van der Waals surface area contributed by atoms with Crippen LogP contribution in [0.25, 0.3) is 0 Å². The van der Waals surface area contributed by atoms with E-state index in [1.54, 1.807) is 4.90 Å². The van der Waals surface area contributed by atoms with Gasteiger partial charge in [0.15, 0.2) is 0 Å². The zero-order valence-corrected chi connectivity index (χ0v) is 12.4. The number of nitrogen functional groups attached to an aromatic ring is 1. The van der Waals surface area contributed by atoms with Crippen LogP contribution in [0.2, 0.25) is 0 Å². The third-order valence-electron chi connectivity index (χ3n) is 2.90. The number of aromatic nitrogens is 3. The van der Waals surface area contributed by atoms with Crippen LogP contribution < -0.4 is 20.9 Å². The number of likely N-dealkylation sites (N-methyl/N-ethyl adjacent to an activating group) is 1. The van der Waals surface area contributed by atoms with Gasteiger partial charge in [0.05, 0.1) is 0 Å². The summed E-state index contributed by atoms with van der Waals surface area (Å²) in [7, 11) is 7.66. The van der Waals surface area contributed by atoms with Crippen molar-refractivity contribution in [3.05, 3.63) is 0 Å². The topological polar surface area (TPSA) is 92.4 Å². The Morgan fingerprint density at radius 2 is 1.79 bits per heavy atom. The summed E-state index contributed by atoms with van der Waals surface area (Å²) in [6.45, 7) is 4.60. The molecule has 8 nitrogen and oxygen atoms in total. The van der Waals surface area contributed by atoms with E-state index in [-0.39, 0.29) is 17.5 Å². The van der Waals surface area contributed by atoms with Crippen molar-refractivity contribution in [3.8, 4) is 6.01 Å². The summed E-state index contributed by atoms with van der Waals surface area (Å²) in [5.41, 5.74) is 2.28. The van der Waals surface area contributed by atoms with Crippen molar-refractivity contribution in [2.75, 3.05) is 45.1 Å². The fourth-order valence-electron chi connectivity index (χ4n) is 1.05. The molecule has 1 rings (SSSR count). The lowest BCUT2D eigenvalue weighted by Gasteiger charge is -2.31. The fraction of sp³-hybridized carbons (Fsp3) is 0.727. The van der Waals surface area contributed by atoms with Gasteiger partial charge in [-0.25, -0.2) is 5.84 Å². The monoisotopic (exact) mass is 269 g/mol. The van der Waals surface area contributed by atoms with Gasteiger partial charge in [-0.2, -0.15) is 15.0 Å². The predicted molar refractivity (Wildman–Crippen MR) is 75.2 cm³/mol. The molecular weight excluding hydrogens is 246 g/mol. The molecule has 0 atom stereocenters. The standard InChI is InChI=1S/C11H23N7O/c1-11(2,18(5)6)7-19-10-14-8(16-12)13-9(15-10)17(3)4/h7,12H2,1-6H3,(H,13,14,15,16). The maximum atomic E-state index is 5.64. The Bertz CT molecular complexity index is 420. The summed E-state index contributed by atoms with van der Waals surface area (Å²) < 4.78 is 5.64. The number of nitrogens with one attached hydrogen (secondary N) is 1. The Kier molecular flexibility index (Phi) is 4.84. The lowest BCUT2D eigenvalue weighted by atomic mass is 10.1. The van der Waals surface area contributed by atoms with E-state index >= 15 is 0 Å². The molecule has 1 aromatic heterocycles. The molecule has 0 bridgehead atoms. The average molecular weight is 269 g/mol. The number of ether oxygens (including phenoxy) is 1. The Morgan fingerprint density at radius 3 is 2.26 bits per heavy atom. The fourth-order valence-corrected chi connectivity index (χ4v) is 1.05. The van der Waals surface area contributed by atoms with Crippen molar-refractivity contribution in [1.29, 1.82) is 0 Å². The lowest BCUT2D eigenvalue weighted by Crippen LogP contribution is -2.43. The van der Waals surface area contributed by atoms with E-state index in [1.165, 1.54) is 0 Å². The molecule has 0 fully saturated rings. The van der Waals surface area contributed by atoms with Crippen molar-refractivity contribution >= 4 is 11.9 Å². The molecule has 0 saturated heterocycles. The van der Waals surface area contributed by atoms with E-state index in [0.717, 1.165) is 0 Å². The first kappa shape index (κ1) is 15.4. The first-order valence-electron chi connectivity index (χ1n) is 5.96. The third kappa shape index (κ3) is 4.18. The van der Waals surface area contributed by atoms with Crippen molar-refractivity contribution in [2.24, 2.45) is 5.84 Å². The summed E-state index contributed by atoms with van der Waals surface area (Å²) in [6.07, 6.45) is 0. The zero-order chi connectivity index (χ0) is 14.6. The predicted octanol–water partition coefficient (Wildman–Crippen LogP) is -0.0578. The van der Waals surface area contributed by atoms with E-state index < -0.39 is 0 Å². The van der Waals surface area contributed by atoms with Crippen LogP contribution in [0.3, 0.4) is 0 Å². The molecule has 0 saturated carbocycles. The van der Waals surface area contributed by atoms with Crippen LogP contribution in [0.15, 0.2) is 0 Å². The van der Waals surface area contributed by atoms with Gasteiger partial charge >= 0.3 is 6.01 Å². The van der Waals surface area contributed by atoms with E-state index in [4.69, 9.17) is 10.6 Å². The van der Waals surface area contributed by atoms with Crippen LogP contribution in [0.5, 0.6) is 6.01 Å². The molecule has 0 aliphatic rings. The second kappa shape index (κ2) is 5.98. The summed E-state index contributed by atoms with van der Waals surface area (Å²) in [5, 5.41) is 0. The third-order valence-corrected chi connectivity index (χ3v) is 2.90. The van der Waals surface area contributed by atoms with Crippen LogP contribution in [0.4, 0.5) is 11.9 Å². The SMILES string of the molecule is CN(C)c1nc(NN)nc(OCC(C)(C)N(C)C)n1. The Morgan fingerprint density at radius 1 is 1.16 bits per heavy atom. The molecule has 1 heterocycles. The van der Waals surface area contributed by atoms with Crippen LogP contribution in [-0.4, -0.2) is 60.2 Å². The molecule has 0 aromatic carbocycles. The van der Waals surface area contributed by atoms with E-state index in [2.05, 4.69) is 39.1 Å². The number of nitrogens with zero attached hydrogens (tertiary/aromatic N) is 5. The van der Waals surface area contributed by atoms with Crippen molar-refractivity contribution in [2.45, 2.75) is 19.4 Å². The first-order valence-corrected chi connectivity index (χ1v) is 5.96. The highest BCUT2D eigenvalue weighted by molar-refractivity contribution is 5.36. The molecule has 0 aliphatic heterocycles. The molecule has 0 unspecified atom stereocenters. The molecule has 3 N–H and O–H groups in total. The summed E-state index contributed by atoms with van der Waals surface area (Å²) in [4.78, 5) is 16.2. The Balaban J connectivity index is 2.86. The van der Waals surface area contributed by atoms with Gasteiger partial charge in [0.2, 0.25) is 11.9 Å². The van der Waals surface area contributed by atoms with Gasteiger partial charge in [0.1, 0.15) is 6.61 Å². The maximum absolute atomic E-state index is 5.64. The second-order valence-corrected chi connectivity index (χ2v) is 5.28. The van der Waals surface area contributed by atoms with Crippen molar-refractivity contribution < 1.29 is 4.74 Å². The zero-order valence-electron chi connectivity index (χ0n) is 12.4. The normalized spacial score (nSPS) is 11.6. The van der Waals surface area contributed by atoms with E-state index in [0.29, 0.717) is 12.6 Å². The number of rotatable bonds is 6. The summed E-state index contributed by atoms with van der Waals surface area (Å²) in [5.74, 6) is 6.09. The summed E-state index contributed by atoms with van der Waals surface area (Å²) in [6, 6.07) is 0.251. The molecule has 0 amide bonds. The minimum absolute atomic E-state index is 0.124. The minimum atomic E-state index is -0.124. The molecular formula is C11H23N7O. The van der Waals surface area contributed by atoms with Gasteiger partial charge < -0.3 is 14.5 Å². The van der Waals surface area contributed by atoms with Gasteiger partial charge in [-0.3, -0.25) is 5.43 Å². The average Bonchev–Trinajstić information content (AvgIpc) is 2.35. The maximum Gasteiger partial charge on any atom is 0.323 e. The van der Waals surface area contributed by atoms with Crippen LogP contribution in [-0.2, 0) is 0 Å². The summed E-state index contributed by atoms with van der Waals surface area (Å²) >= 11 is 0.